The first-order valence-corrected chi connectivity index (χ1v) is 9.00. The molecule has 0 amide bonds. The molecule has 4 rings (SSSR count). The van der Waals surface area contributed by atoms with Gasteiger partial charge in [0, 0.05) is 24.7 Å². The predicted octanol–water partition coefficient (Wildman–Crippen LogP) is 2.33. The van der Waals surface area contributed by atoms with Gasteiger partial charge in [0.15, 0.2) is 0 Å². The SMILES string of the molecule is O=C(O)C1CCC2CCCCC2N1C1CCN2CCCC12. The molecule has 0 aromatic carbocycles. The highest BCUT2D eigenvalue weighted by molar-refractivity contribution is 5.73. The summed E-state index contributed by atoms with van der Waals surface area (Å²) in [5.74, 6) is 0.195. The molecular weight excluding hydrogens is 264 g/mol. The number of nitrogens with zero attached hydrogens (tertiary/aromatic N) is 2. The molecule has 21 heavy (non-hydrogen) atoms. The van der Waals surface area contributed by atoms with Crippen molar-refractivity contribution in [2.24, 2.45) is 5.92 Å². The van der Waals surface area contributed by atoms with E-state index in [0.717, 1.165) is 18.8 Å². The van der Waals surface area contributed by atoms with E-state index in [0.29, 0.717) is 18.1 Å². The van der Waals surface area contributed by atoms with Gasteiger partial charge in [0.25, 0.3) is 0 Å². The number of carbonyl (C=O) groups is 1. The van der Waals surface area contributed by atoms with Crippen LogP contribution < -0.4 is 0 Å². The molecule has 1 aliphatic carbocycles. The fourth-order valence-electron chi connectivity index (χ4n) is 5.80. The summed E-state index contributed by atoms with van der Waals surface area (Å²) in [5.41, 5.74) is 0. The summed E-state index contributed by atoms with van der Waals surface area (Å²) in [6.07, 6.45) is 11.0. The lowest BCUT2D eigenvalue weighted by atomic mass is 9.75. The third-order valence-electron chi connectivity index (χ3n) is 6.66. The lowest BCUT2D eigenvalue weighted by molar-refractivity contribution is -0.150. The smallest absolute Gasteiger partial charge is 0.320 e. The van der Waals surface area contributed by atoms with E-state index in [-0.39, 0.29) is 6.04 Å². The van der Waals surface area contributed by atoms with E-state index in [1.54, 1.807) is 0 Å². The second kappa shape index (κ2) is 5.54. The van der Waals surface area contributed by atoms with Crippen molar-refractivity contribution in [2.75, 3.05) is 13.1 Å². The van der Waals surface area contributed by atoms with Crippen molar-refractivity contribution in [1.82, 2.24) is 9.80 Å². The van der Waals surface area contributed by atoms with Crippen molar-refractivity contribution in [2.45, 2.75) is 82.0 Å². The summed E-state index contributed by atoms with van der Waals surface area (Å²) in [6.45, 7) is 2.43. The summed E-state index contributed by atoms with van der Waals surface area (Å²) in [6, 6.07) is 1.50. The molecule has 5 atom stereocenters. The molecule has 3 heterocycles. The van der Waals surface area contributed by atoms with E-state index >= 15 is 0 Å². The highest BCUT2D eigenvalue weighted by Gasteiger charge is 2.49. The molecule has 1 N–H and O–H groups in total. The summed E-state index contributed by atoms with van der Waals surface area (Å²) in [4.78, 5) is 17.0. The molecule has 4 nitrogen and oxygen atoms in total. The third kappa shape index (κ3) is 2.31. The fraction of sp³-hybridized carbons (Fsp3) is 0.941. The molecule has 0 aromatic rings. The monoisotopic (exact) mass is 292 g/mol. The molecule has 5 unspecified atom stereocenters. The zero-order valence-electron chi connectivity index (χ0n) is 12.9. The average molecular weight is 292 g/mol. The Balaban J connectivity index is 1.61. The van der Waals surface area contributed by atoms with E-state index in [9.17, 15) is 9.90 Å². The van der Waals surface area contributed by atoms with Crippen LogP contribution in [0.25, 0.3) is 0 Å². The maximum Gasteiger partial charge on any atom is 0.320 e. The lowest BCUT2D eigenvalue weighted by Crippen LogP contribution is -2.61. The van der Waals surface area contributed by atoms with Crippen molar-refractivity contribution in [3.05, 3.63) is 0 Å². The van der Waals surface area contributed by atoms with Crippen LogP contribution in [0.1, 0.15) is 57.8 Å². The van der Waals surface area contributed by atoms with Crippen molar-refractivity contribution >= 4 is 5.97 Å². The Morgan fingerprint density at radius 2 is 1.62 bits per heavy atom. The normalized spacial score (nSPS) is 44.5. The molecule has 3 aliphatic heterocycles. The van der Waals surface area contributed by atoms with E-state index in [4.69, 9.17) is 0 Å². The number of carboxylic acids is 1. The first-order valence-electron chi connectivity index (χ1n) is 9.00. The van der Waals surface area contributed by atoms with Gasteiger partial charge in [-0.2, -0.15) is 0 Å². The molecule has 0 radical (unpaired) electrons. The number of rotatable bonds is 2. The standard InChI is InChI=1S/C17H28N2O2/c20-17(21)16-8-7-12-4-1-2-5-13(12)19(16)15-9-11-18-10-3-6-14(15)18/h12-16H,1-11H2,(H,20,21). The minimum Gasteiger partial charge on any atom is -0.480 e. The molecule has 4 fully saturated rings. The van der Waals surface area contributed by atoms with Gasteiger partial charge in [-0.15, -0.1) is 0 Å². The second-order valence-electron chi connectivity index (χ2n) is 7.59. The summed E-state index contributed by atoms with van der Waals surface area (Å²) in [5, 5.41) is 9.74. The van der Waals surface area contributed by atoms with E-state index in [1.807, 2.05) is 0 Å². The summed E-state index contributed by atoms with van der Waals surface area (Å²) in [7, 11) is 0. The molecule has 0 spiro atoms. The summed E-state index contributed by atoms with van der Waals surface area (Å²) < 4.78 is 0. The minimum absolute atomic E-state index is 0.213. The molecule has 3 saturated heterocycles. The first kappa shape index (κ1) is 14.0. The van der Waals surface area contributed by atoms with Gasteiger partial charge in [0.2, 0.25) is 0 Å². The first-order chi connectivity index (χ1) is 10.3. The van der Waals surface area contributed by atoms with Crippen LogP contribution in [0.5, 0.6) is 0 Å². The predicted molar refractivity (Wildman–Crippen MR) is 81.2 cm³/mol. The van der Waals surface area contributed by atoms with Crippen LogP contribution in [0.15, 0.2) is 0 Å². The number of carboxylic acid groups (broad SMARTS) is 1. The second-order valence-corrected chi connectivity index (χ2v) is 7.59. The topological polar surface area (TPSA) is 43.8 Å². The zero-order chi connectivity index (χ0) is 14.4. The number of hydrogen-bond acceptors (Lipinski definition) is 3. The zero-order valence-corrected chi connectivity index (χ0v) is 12.9. The Bertz CT molecular complexity index is 414. The van der Waals surface area contributed by atoms with Crippen LogP contribution >= 0.6 is 0 Å². The van der Waals surface area contributed by atoms with Gasteiger partial charge in [-0.1, -0.05) is 12.8 Å². The van der Waals surface area contributed by atoms with Gasteiger partial charge in [0.05, 0.1) is 0 Å². The third-order valence-corrected chi connectivity index (χ3v) is 6.66. The highest BCUT2D eigenvalue weighted by atomic mass is 16.4. The van der Waals surface area contributed by atoms with Crippen molar-refractivity contribution in [3.8, 4) is 0 Å². The van der Waals surface area contributed by atoms with Gasteiger partial charge in [0.1, 0.15) is 6.04 Å². The number of piperidine rings is 1. The van der Waals surface area contributed by atoms with E-state index in [2.05, 4.69) is 9.80 Å². The van der Waals surface area contributed by atoms with E-state index in [1.165, 1.54) is 58.0 Å². The van der Waals surface area contributed by atoms with Crippen LogP contribution in [0.2, 0.25) is 0 Å². The van der Waals surface area contributed by atoms with Gasteiger partial charge < -0.3 is 5.11 Å². The summed E-state index contributed by atoms with van der Waals surface area (Å²) >= 11 is 0. The molecule has 0 aromatic heterocycles. The molecular formula is C17H28N2O2. The maximum absolute atomic E-state index is 11.8. The van der Waals surface area contributed by atoms with Crippen LogP contribution in [-0.4, -0.2) is 58.1 Å². The number of aliphatic carboxylic acids is 1. The van der Waals surface area contributed by atoms with E-state index < -0.39 is 5.97 Å². The Morgan fingerprint density at radius 3 is 2.48 bits per heavy atom. The lowest BCUT2D eigenvalue weighted by Gasteiger charge is -2.51. The quantitative estimate of drug-likeness (QED) is 0.848. The maximum atomic E-state index is 11.8. The van der Waals surface area contributed by atoms with Crippen LogP contribution in [-0.2, 0) is 4.79 Å². The fourth-order valence-corrected chi connectivity index (χ4v) is 5.80. The van der Waals surface area contributed by atoms with Crippen LogP contribution in [0, 0.1) is 5.92 Å². The Hall–Kier alpha value is -0.610. The molecule has 0 bridgehead atoms. The van der Waals surface area contributed by atoms with Crippen molar-refractivity contribution < 1.29 is 9.90 Å². The number of likely N-dealkylation sites (tertiary alicyclic amines) is 1. The van der Waals surface area contributed by atoms with Gasteiger partial charge in [-0.25, -0.2) is 0 Å². The van der Waals surface area contributed by atoms with Crippen molar-refractivity contribution in [1.29, 1.82) is 0 Å². The molecule has 4 heteroatoms. The molecule has 4 aliphatic rings. The van der Waals surface area contributed by atoms with Crippen molar-refractivity contribution in [3.63, 3.8) is 0 Å². The Labute approximate surface area is 127 Å². The van der Waals surface area contributed by atoms with Gasteiger partial charge in [-0.05, 0) is 57.4 Å². The Kier molecular flexibility index (Phi) is 3.70. The highest BCUT2D eigenvalue weighted by Crippen LogP contribution is 2.43. The Morgan fingerprint density at radius 1 is 0.810 bits per heavy atom. The molecule has 118 valence electrons. The largest absolute Gasteiger partial charge is 0.480 e. The number of hydrogen-bond donors (Lipinski definition) is 1. The van der Waals surface area contributed by atoms with Crippen LogP contribution in [0.3, 0.4) is 0 Å². The number of fused-ring (bicyclic) bond motifs is 2. The van der Waals surface area contributed by atoms with Gasteiger partial charge >= 0.3 is 5.97 Å². The van der Waals surface area contributed by atoms with Gasteiger partial charge in [-0.3, -0.25) is 14.6 Å². The minimum atomic E-state index is -0.574. The molecule has 1 saturated carbocycles. The van der Waals surface area contributed by atoms with Crippen LogP contribution in [0.4, 0.5) is 0 Å². The average Bonchev–Trinajstić information content (AvgIpc) is 3.09.